The van der Waals surface area contributed by atoms with E-state index >= 15 is 0 Å². The third kappa shape index (κ3) is 3.59. The summed E-state index contributed by atoms with van der Waals surface area (Å²) in [5.74, 6) is -2.07. The van der Waals surface area contributed by atoms with Crippen LogP contribution in [-0.2, 0) is 16.3 Å². The quantitative estimate of drug-likeness (QED) is 0.621. The number of halogens is 4. The molecule has 0 bridgehead atoms. The fourth-order valence-corrected chi connectivity index (χ4v) is 1.63. The van der Waals surface area contributed by atoms with Gasteiger partial charge in [-0.1, -0.05) is 0 Å². The summed E-state index contributed by atoms with van der Waals surface area (Å²) < 4.78 is 77.0. The molecular formula is C11H12F4O3S. The minimum atomic E-state index is -4.92. The molecule has 0 amide bonds. The topological polar surface area (TPSA) is 43.4 Å². The molecular weight excluding hydrogens is 288 g/mol. The van der Waals surface area contributed by atoms with Gasteiger partial charge in [0.1, 0.15) is 11.6 Å². The zero-order chi connectivity index (χ0) is 15.1. The van der Waals surface area contributed by atoms with E-state index < -0.39 is 38.2 Å². The molecule has 3 nitrogen and oxygen atoms in total. The third-order valence-electron chi connectivity index (χ3n) is 2.20. The summed E-state index contributed by atoms with van der Waals surface area (Å²) in [7, 11) is -4.12. The first-order valence-electron chi connectivity index (χ1n) is 5.15. The first kappa shape index (κ1) is 15.7. The molecule has 0 aliphatic rings. The average molecular weight is 300 g/mol. The van der Waals surface area contributed by atoms with Crippen LogP contribution >= 0.6 is 0 Å². The van der Waals surface area contributed by atoms with Crippen LogP contribution in [0.5, 0.6) is 5.75 Å². The molecule has 108 valence electrons. The second-order valence-electron chi connectivity index (χ2n) is 4.79. The van der Waals surface area contributed by atoms with Crippen molar-refractivity contribution in [1.82, 2.24) is 0 Å². The molecule has 0 heterocycles. The summed E-state index contributed by atoms with van der Waals surface area (Å²) in [6.07, 6.45) is -4.92. The number of benzene rings is 1. The van der Waals surface area contributed by atoms with Crippen LogP contribution in [0.3, 0.4) is 0 Å². The van der Waals surface area contributed by atoms with Crippen LogP contribution in [-0.4, -0.2) is 13.2 Å². The number of alkyl halides is 3. The summed E-state index contributed by atoms with van der Waals surface area (Å²) in [5, 5.41) is 0. The summed E-state index contributed by atoms with van der Waals surface area (Å²) >= 11 is 0. The van der Waals surface area contributed by atoms with Crippen molar-refractivity contribution < 1.29 is 30.2 Å². The second kappa shape index (κ2) is 4.66. The second-order valence-corrected chi connectivity index (χ2v) is 7.09. The molecule has 8 heteroatoms. The Morgan fingerprint density at radius 2 is 1.63 bits per heavy atom. The van der Waals surface area contributed by atoms with Gasteiger partial charge in [-0.15, -0.1) is 0 Å². The Kier molecular flexibility index (Phi) is 3.86. The Balaban J connectivity index is 3.20. The summed E-state index contributed by atoms with van der Waals surface area (Å²) in [5.41, 5.74) is -1.57. The molecule has 0 fully saturated rings. The molecule has 0 N–H and O–H groups in total. The fraction of sp³-hybridized carbons (Fsp3) is 0.455. The van der Waals surface area contributed by atoms with E-state index in [9.17, 15) is 26.0 Å². The SMILES string of the molecule is CC(C)(C)S(=O)(=O)Oc1ccc(F)c(C(F)(F)F)c1. The van der Waals surface area contributed by atoms with Crippen LogP contribution in [0.4, 0.5) is 17.6 Å². The van der Waals surface area contributed by atoms with Gasteiger partial charge in [0.2, 0.25) is 0 Å². The van der Waals surface area contributed by atoms with Crippen LogP contribution < -0.4 is 4.18 Å². The molecule has 0 spiro atoms. The van der Waals surface area contributed by atoms with Gasteiger partial charge in [-0.2, -0.15) is 21.6 Å². The highest BCUT2D eigenvalue weighted by atomic mass is 32.2. The molecule has 1 aromatic rings. The Bertz CT molecular complexity index is 571. The monoisotopic (exact) mass is 300 g/mol. The first-order valence-corrected chi connectivity index (χ1v) is 6.56. The smallest absolute Gasteiger partial charge is 0.382 e. The molecule has 1 aromatic carbocycles. The van der Waals surface area contributed by atoms with Gasteiger partial charge in [0.05, 0.1) is 10.3 Å². The van der Waals surface area contributed by atoms with Crippen molar-refractivity contribution >= 4 is 10.1 Å². The molecule has 0 aliphatic carbocycles. The Morgan fingerprint density at radius 3 is 2.05 bits per heavy atom. The lowest BCUT2D eigenvalue weighted by Crippen LogP contribution is -2.32. The van der Waals surface area contributed by atoms with Gasteiger partial charge in [0.15, 0.2) is 0 Å². The predicted octanol–water partition coefficient (Wildman–Crippen LogP) is 3.35. The van der Waals surface area contributed by atoms with Gasteiger partial charge in [-0.05, 0) is 39.0 Å². The predicted molar refractivity (Wildman–Crippen MR) is 60.7 cm³/mol. The summed E-state index contributed by atoms with van der Waals surface area (Å²) in [4.78, 5) is 0. The van der Waals surface area contributed by atoms with Gasteiger partial charge < -0.3 is 4.18 Å². The lowest BCUT2D eigenvalue weighted by Gasteiger charge is -2.19. The van der Waals surface area contributed by atoms with E-state index in [1.807, 2.05) is 0 Å². The van der Waals surface area contributed by atoms with Crippen molar-refractivity contribution in [3.8, 4) is 5.75 Å². The summed E-state index contributed by atoms with van der Waals surface area (Å²) in [6.45, 7) is 3.99. The van der Waals surface area contributed by atoms with Gasteiger partial charge in [0, 0.05) is 0 Å². The maximum Gasteiger partial charge on any atom is 0.419 e. The number of hydrogen-bond donors (Lipinski definition) is 0. The van der Waals surface area contributed by atoms with Crippen molar-refractivity contribution in [3.05, 3.63) is 29.6 Å². The Morgan fingerprint density at radius 1 is 1.11 bits per heavy atom. The van der Waals surface area contributed by atoms with Gasteiger partial charge in [-0.25, -0.2) is 4.39 Å². The average Bonchev–Trinajstić information content (AvgIpc) is 2.17. The zero-order valence-corrected chi connectivity index (χ0v) is 11.2. The third-order valence-corrected chi connectivity index (χ3v) is 4.11. The van der Waals surface area contributed by atoms with Crippen molar-refractivity contribution in [3.63, 3.8) is 0 Å². The lowest BCUT2D eigenvalue weighted by molar-refractivity contribution is -0.140. The molecule has 0 saturated carbocycles. The highest BCUT2D eigenvalue weighted by Crippen LogP contribution is 2.34. The molecule has 0 aromatic heterocycles. The van der Waals surface area contributed by atoms with E-state index in [1.54, 1.807) is 0 Å². The van der Waals surface area contributed by atoms with Gasteiger partial charge in [-0.3, -0.25) is 0 Å². The largest absolute Gasteiger partial charge is 0.419 e. The van der Waals surface area contributed by atoms with Crippen molar-refractivity contribution in [2.45, 2.75) is 31.7 Å². The first-order chi connectivity index (χ1) is 8.34. The van der Waals surface area contributed by atoms with Gasteiger partial charge in [0.25, 0.3) is 0 Å². The highest BCUT2D eigenvalue weighted by molar-refractivity contribution is 7.88. The number of rotatable bonds is 2. The van der Waals surface area contributed by atoms with E-state index in [0.717, 1.165) is 6.07 Å². The van der Waals surface area contributed by atoms with E-state index in [0.29, 0.717) is 12.1 Å². The van der Waals surface area contributed by atoms with Crippen LogP contribution in [0.25, 0.3) is 0 Å². The maximum absolute atomic E-state index is 13.0. The summed E-state index contributed by atoms with van der Waals surface area (Å²) in [6, 6.07) is 1.66. The van der Waals surface area contributed by atoms with Crippen molar-refractivity contribution in [2.75, 3.05) is 0 Å². The Labute approximate surface area is 108 Å². The van der Waals surface area contributed by atoms with Crippen molar-refractivity contribution in [1.29, 1.82) is 0 Å². The minimum Gasteiger partial charge on any atom is -0.382 e. The van der Waals surface area contributed by atoms with E-state index in [4.69, 9.17) is 0 Å². The van der Waals surface area contributed by atoms with E-state index in [1.165, 1.54) is 20.8 Å². The lowest BCUT2D eigenvalue weighted by atomic mass is 10.2. The highest BCUT2D eigenvalue weighted by Gasteiger charge is 2.36. The molecule has 19 heavy (non-hydrogen) atoms. The molecule has 0 unspecified atom stereocenters. The molecule has 0 atom stereocenters. The minimum absolute atomic E-state index is 0.318. The van der Waals surface area contributed by atoms with Gasteiger partial charge >= 0.3 is 16.3 Å². The molecule has 1 rings (SSSR count). The van der Waals surface area contributed by atoms with Crippen LogP contribution in [0.1, 0.15) is 26.3 Å². The van der Waals surface area contributed by atoms with Crippen molar-refractivity contribution in [2.24, 2.45) is 0 Å². The Hall–Kier alpha value is -1.31. The molecule has 0 aliphatic heterocycles. The molecule has 0 saturated heterocycles. The van der Waals surface area contributed by atoms with Crippen LogP contribution in [0.2, 0.25) is 0 Å². The van der Waals surface area contributed by atoms with E-state index in [-0.39, 0.29) is 0 Å². The van der Waals surface area contributed by atoms with Crippen LogP contribution in [0, 0.1) is 5.82 Å². The zero-order valence-electron chi connectivity index (χ0n) is 10.4. The van der Waals surface area contributed by atoms with Crippen LogP contribution in [0.15, 0.2) is 18.2 Å². The molecule has 0 radical (unpaired) electrons. The van der Waals surface area contributed by atoms with E-state index in [2.05, 4.69) is 4.18 Å². The normalized spacial score (nSPS) is 13.4. The maximum atomic E-state index is 13.0. The fourth-order valence-electron chi connectivity index (χ4n) is 1.03. The number of hydrogen-bond acceptors (Lipinski definition) is 3. The standard InChI is InChI=1S/C11H12F4O3S/c1-10(2,3)19(16,17)18-7-4-5-9(12)8(6-7)11(13,14)15/h4-6H,1-3H3.